The van der Waals surface area contributed by atoms with Crippen molar-refractivity contribution in [1.82, 2.24) is 5.32 Å². The van der Waals surface area contributed by atoms with E-state index in [1.54, 1.807) is 7.11 Å². The molecule has 0 amide bonds. The normalized spacial score (nSPS) is 10.9. The summed E-state index contributed by atoms with van der Waals surface area (Å²) >= 11 is 3.06. The molecule has 0 radical (unpaired) electrons. The number of halogens is 3. The van der Waals surface area contributed by atoms with E-state index in [0.717, 1.165) is 11.1 Å². The summed E-state index contributed by atoms with van der Waals surface area (Å²) in [6.45, 7) is 1.15. The molecule has 0 saturated heterocycles. The lowest BCUT2D eigenvalue weighted by atomic mass is 10.1. The van der Waals surface area contributed by atoms with Crippen molar-refractivity contribution in [2.45, 2.75) is 19.7 Å². The lowest BCUT2D eigenvalue weighted by Gasteiger charge is -2.11. The molecule has 0 unspecified atom stereocenters. The van der Waals surface area contributed by atoms with Gasteiger partial charge in [-0.1, -0.05) is 24.3 Å². The van der Waals surface area contributed by atoms with E-state index in [2.05, 4.69) is 21.2 Å². The van der Waals surface area contributed by atoms with E-state index < -0.39 is 11.6 Å². The molecule has 21 heavy (non-hydrogen) atoms. The van der Waals surface area contributed by atoms with Gasteiger partial charge in [0.25, 0.3) is 0 Å². The Bertz CT molecular complexity index is 619. The Hall–Kier alpha value is -1.30. The molecule has 0 fully saturated rings. The first kappa shape index (κ1) is 16.1. The SMILES string of the molecule is COCc1ccccc1CNCc1c(F)ccc(Br)c1F. The van der Waals surface area contributed by atoms with Crippen LogP contribution in [0.5, 0.6) is 0 Å². The second kappa shape index (κ2) is 7.64. The number of nitrogens with one attached hydrogen (secondary N) is 1. The molecule has 2 aromatic rings. The zero-order chi connectivity index (χ0) is 15.2. The molecular formula is C16H16BrF2NO. The topological polar surface area (TPSA) is 21.3 Å². The Labute approximate surface area is 131 Å². The first-order valence-corrected chi connectivity index (χ1v) is 7.31. The fourth-order valence-corrected chi connectivity index (χ4v) is 2.45. The van der Waals surface area contributed by atoms with E-state index in [1.807, 2.05) is 24.3 Å². The van der Waals surface area contributed by atoms with Crippen LogP contribution in [0, 0.1) is 11.6 Å². The molecule has 0 atom stereocenters. The molecule has 2 nitrogen and oxygen atoms in total. The van der Waals surface area contributed by atoms with Crippen molar-refractivity contribution >= 4 is 15.9 Å². The average Bonchev–Trinajstić information content (AvgIpc) is 2.49. The van der Waals surface area contributed by atoms with Gasteiger partial charge in [-0.25, -0.2) is 8.78 Å². The Morgan fingerprint density at radius 3 is 2.48 bits per heavy atom. The van der Waals surface area contributed by atoms with E-state index in [4.69, 9.17) is 4.74 Å². The lowest BCUT2D eigenvalue weighted by molar-refractivity contribution is 0.184. The number of ether oxygens (including phenoxy) is 1. The highest BCUT2D eigenvalue weighted by Crippen LogP contribution is 2.21. The van der Waals surface area contributed by atoms with Gasteiger partial charge < -0.3 is 10.1 Å². The first-order valence-electron chi connectivity index (χ1n) is 6.52. The summed E-state index contributed by atoms with van der Waals surface area (Å²) in [5.41, 5.74) is 2.14. The third-order valence-electron chi connectivity index (χ3n) is 3.17. The standard InChI is InChI=1S/C16H16BrF2NO/c1-21-10-12-5-3-2-4-11(12)8-20-9-13-15(18)7-6-14(17)16(13)19/h2-7,20H,8-10H2,1H3. The Morgan fingerprint density at radius 1 is 1.05 bits per heavy atom. The smallest absolute Gasteiger partial charge is 0.144 e. The van der Waals surface area contributed by atoms with Crippen LogP contribution in [0.25, 0.3) is 0 Å². The average molecular weight is 356 g/mol. The van der Waals surface area contributed by atoms with Gasteiger partial charge in [-0.2, -0.15) is 0 Å². The van der Waals surface area contributed by atoms with Gasteiger partial charge in [-0.3, -0.25) is 0 Å². The van der Waals surface area contributed by atoms with Crippen LogP contribution in [0.3, 0.4) is 0 Å². The number of hydrogen-bond acceptors (Lipinski definition) is 2. The van der Waals surface area contributed by atoms with Gasteiger partial charge in [0.1, 0.15) is 11.6 Å². The third-order valence-corrected chi connectivity index (χ3v) is 3.79. The molecule has 0 heterocycles. The Balaban J connectivity index is 2.04. The third kappa shape index (κ3) is 4.09. The minimum absolute atomic E-state index is 0.0357. The van der Waals surface area contributed by atoms with Gasteiger partial charge in [0.2, 0.25) is 0 Å². The minimum Gasteiger partial charge on any atom is -0.380 e. The number of benzene rings is 2. The van der Waals surface area contributed by atoms with Gasteiger partial charge in [0, 0.05) is 25.8 Å². The summed E-state index contributed by atoms with van der Waals surface area (Å²) in [7, 11) is 1.64. The van der Waals surface area contributed by atoms with Crippen molar-refractivity contribution in [2.75, 3.05) is 7.11 Å². The van der Waals surface area contributed by atoms with E-state index in [9.17, 15) is 8.78 Å². The Kier molecular flexibility index (Phi) is 5.85. The fraction of sp³-hybridized carbons (Fsp3) is 0.250. The summed E-state index contributed by atoms with van der Waals surface area (Å²) in [4.78, 5) is 0. The van der Waals surface area contributed by atoms with Crippen LogP contribution in [-0.2, 0) is 24.4 Å². The molecule has 0 aliphatic heterocycles. The Morgan fingerprint density at radius 2 is 1.76 bits per heavy atom. The van der Waals surface area contributed by atoms with Crippen molar-refractivity contribution in [3.63, 3.8) is 0 Å². The largest absolute Gasteiger partial charge is 0.380 e. The zero-order valence-corrected chi connectivity index (χ0v) is 13.2. The second-order valence-corrected chi connectivity index (χ2v) is 5.48. The van der Waals surface area contributed by atoms with Gasteiger partial charge in [0.15, 0.2) is 0 Å². The van der Waals surface area contributed by atoms with E-state index in [0.29, 0.717) is 13.2 Å². The maximum Gasteiger partial charge on any atom is 0.144 e. The van der Waals surface area contributed by atoms with Crippen LogP contribution in [0.1, 0.15) is 16.7 Å². The maximum atomic E-state index is 13.8. The summed E-state index contributed by atoms with van der Waals surface area (Å²) < 4.78 is 32.9. The molecule has 0 aliphatic carbocycles. The van der Waals surface area contributed by atoms with E-state index in [-0.39, 0.29) is 16.6 Å². The maximum absolute atomic E-state index is 13.8. The summed E-state index contributed by atoms with van der Waals surface area (Å²) in [6, 6.07) is 10.4. The van der Waals surface area contributed by atoms with Gasteiger partial charge in [0.05, 0.1) is 11.1 Å². The summed E-state index contributed by atoms with van der Waals surface area (Å²) in [6.07, 6.45) is 0. The van der Waals surface area contributed by atoms with Crippen molar-refractivity contribution in [3.8, 4) is 0 Å². The molecule has 0 saturated carbocycles. The van der Waals surface area contributed by atoms with Crippen molar-refractivity contribution in [1.29, 1.82) is 0 Å². The predicted octanol–water partition coefficient (Wildman–Crippen LogP) is 4.16. The minimum atomic E-state index is -0.562. The quantitative estimate of drug-likeness (QED) is 0.785. The van der Waals surface area contributed by atoms with Crippen molar-refractivity contribution in [2.24, 2.45) is 0 Å². The summed E-state index contributed by atoms with van der Waals surface area (Å²) in [5.74, 6) is -1.11. The molecule has 2 rings (SSSR count). The molecule has 0 aliphatic rings. The van der Waals surface area contributed by atoms with Crippen LogP contribution in [0.4, 0.5) is 8.78 Å². The molecule has 1 N–H and O–H groups in total. The van der Waals surface area contributed by atoms with Crippen LogP contribution in [0.15, 0.2) is 40.9 Å². The monoisotopic (exact) mass is 355 g/mol. The second-order valence-electron chi connectivity index (χ2n) is 4.63. The predicted molar refractivity (Wildman–Crippen MR) is 81.8 cm³/mol. The lowest BCUT2D eigenvalue weighted by Crippen LogP contribution is -2.16. The molecule has 5 heteroatoms. The van der Waals surface area contributed by atoms with Crippen molar-refractivity contribution < 1.29 is 13.5 Å². The molecule has 0 bridgehead atoms. The number of rotatable bonds is 6. The fourth-order valence-electron chi connectivity index (χ4n) is 2.08. The highest BCUT2D eigenvalue weighted by molar-refractivity contribution is 9.10. The van der Waals surface area contributed by atoms with Gasteiger partial charge >= 0.3 is 0 Å². The first-order chi connectivity index (χ1) is 10.1. The van der Waals surface area contributed by atoms with Crippen LogP contribution >= 0.6 is 15.9 Å². The summed E-state index contributed by atoms with van der Waals surface area (Å²) in [5, 5.41) is 3.07. The van der Waals surface area contributed by atoms with Gasteiger partial charge in [-0.05, 0) is 39.2 Å². The molecule has 0 spiro atoms. The molecule has 0 aromatic heterocycles. The van der Waals surface area contributed by atoms with Gasteiger partial charge in [-0.15, -0.1) is 0 Å². The highest BCUT2D eigenvalue weighted by Gasteiger charge is 2.12. The van der Waals surface area contributed by atoms with Crippen molar-refractivity contribution in [3.05, 3.63) is 69.2 Å². The molecular weight excluding hydrogens is 340 g/mol. The molecule has 2 aromatic carbocycles. The highest BCUT2D eigenvalue weighted by atomic mass is 79.9. The van der Waals surface area contributed by atoms with Crippen LogP contribution in [-0.4, -0.2) is 7.11 Å². The molecule has 112 valence electrons. The zero-order valence-electron chi connectivity index (χ0n) is 11.6. The number of hydrogen-bond donors (Lipinski definition) is 1. The van der Waals surface area contributed by atoms with E-state index in [1.165, 1.54) is 12.1 Å². The van der Waals surface area contributed by atoms with Crippen LogP contribution in [0.2, 0.25) is 0 Å². The number of methoxy groups -OCH3 is 1. The van der Waals surface area contributed by atoms with Crippen LogP contribution < -0.4 is 5.32 Å². The van der Waals surface area contributed by atoms with E-state index >= 15 is 0 Å².